The van der Waals surface area contributed by atoms with Crippen molar-refractivity contribution in [3.05, 3.63) is 29.6 Å². The maximum Gasteiger partial charge on any atom is 0.175 e. The van der Waals surface area contributed by atoms with E-state index in [9.17, 15) is 9.18 Å². The van der Waals surface area contributed by atoms with Gasteiger partial charge in [-0.15, -0.1) is 0 Å². The molecule has 0 bridgehead atoms. The predicted octanol–water partition coefficient (Wildman–Crippen LogP) is 2.04. The first kappa shape index (κ1) is 8.71. The van der Waals surface area contributed by atoms with E-state index < -0.39 is 5.82 Å². The summed E-state index contributed by atoms with van der Waals surface area (Å²) in [5, 5.41) is 0. The van der Waals surface area contributed by atoms with Crippen LogP contribution < -0.4 is 4.74 Å². The van der Waals surface area contributed by atoms with Crippen LogP contribution in [0.5, 0.6) is 5.75 Å². The highest BCUT2D eigenvalue weighted by Crippen LogP contribution is 2.19. The number of carbonyl (C=O) groups is 1. The zero-order valence-electron chi connectivity index (χ0n) is 6.93. The Morgan fingerprint density at radius 2 is 2.17 bits per heavy atom. The van der Waals surface area contributed by atoms with Gasteiger partial charge >= 0.3 is 0 Å². The summed E-state index contributed by atoms with van der Waals surface area (Å²) in [6.07, 6.45) is 0. The number of hydrogen-bond donors (Lipinski definition) is 0. The fourth-order valence-electron chi connectivity index (χ4n) is 0.940. The molecule has 64 valence electrons. The molecule has 0 unspecified atom stereocenters. The molecule has 2 nitrogen and oxygen atoms in total. The summed E-state index contributed by atoms with van der Waals surface area (Å²) in [6.45, 7) is 1.32. The van der Waals surface area contributed by atoms with E-state index in [2.05, 4.69) is 0 Å². The molecule has 1 aromatic rings. The van der Waals surface area contributed by atoms with Gasteiger partial charge in [-0.3, -0.25) is 4.79 Å². The summed E-state index contributed by atoms with van der Waals surface area (Å²) in [6, 6.07) is 4.49. The number of methoxy groups -OCH3 is 1. The number of ketones is 1. The molecule has 12 heavy (non-hydrogen) atoms. The first-order valence-electron chi connectivity index (χ1n) is 3.50. The molecular weight excluding hydrogens is 159 g/mol. The Morgan fingerprint density at radius 3 is 2.67 bits per heavy atom. The molecule has 0 spiro atoms. The molecule has 3 heteroatoms. The van der Waals surface area contributed by atoms with Gasteiger partial charge in [-0.25, -0.2) is 4.39 Å². The molecule has 0 aromatic heterocycles. The summed E-state index contributed by atoms with van der Waals surface area (Å²) in [4.78, 5) is 10.8. The number of hydrogen-bond acceptors (Lipinski definition) is 2. The van der Waals surface area contributed by atoms with Crippen LogP contribution in [-0.2, 0) is 0 Å². The van der Waals surface area contributed by atoms with E-state index in [4.69, 9.17) is 4.74 Å². The number of ether oxygens (including phenoxy) is 1. The Bertz CT molecular complexity index is 307. The summed E-state index contributed by atoms with van der Waals surface area (Å²) >= 11 is 0. The highest BCUT2D eigenvalue weighted by molar-refractivity contribution is 5.94. The third-order valence-electron chi connectivity index (χ3n) is 1.56. The van der Waals surface area contributed by atoms with Crippen LogP contribution in [0.4, 0.5) is 4.39 Å². The summed E-state index contributed by atoms with van der Waals surface area (Å²) < 4.78 is 17.9. The molecule has 0 heterocycles. The van der Waals surface area contributed by atoms with Crippen molar-refractivity contribution in [3.8, 4) is 5.75 Å². The van der Waals surface area contributed by atoms with Crippen molar-refractivity contribution >= 4 is 5.78 Å². The third-order valence-corrected chi connectivity index (χ3v) is 1.56. The zero-order chi connectivity index (χ0) is 9.14. The highest BCUT2D eigenvalue weighted by Gasteiger charge is 2.10. The zero-order valence-corrected chi connectivity index (χ0v) is 6.93. The predicted molar refractivity (Wildman–Crippen MR) is 43.0 cm³/mol. The van der Waals surface area contributed by atoms with E-state index in [-0.39, 0.29) is 17.1 Å². The Morgan fingerprint density at radius 1 is 1.50 bits per heavy atom. The molecule has 1 rings (SSSR count). The summed E-state index contributed by atoms with van der Waals surface area (Å²) in [5.41, 5.74) is 0.0642. The van der Waals surface area contributed by atoms with E-state index in [0.717, 1.165) is 0 Å². The van der Waals surface area contributed by atoms with Crippen LogP contribution in [0.3, 0.4) is 0 Å². The largest absolute Gasteiger partial charge is 0.494 e. The Kier molecular flexibility index (Phi) is 2.43. The molecule has 0 saturated carbocycles. The molecule has 0 aliphatic heterocycles. The van der Waals surface area contributed by atoms with Gasteiger partial charge in [0.15, 0.2) is 17.3 Å². The quantitative estimate of drug-likeness (QED) is 0.631. The molecule has 0 saturated heterocycles. The topological polar surface area (TPSA) is 26.3 Å². The van der Waals surface area contributed by atoms with Crippen LogP contribution in [0.2, 0.25) is 0 Å². The lowest BCUT2D eigenvalue weighted by Crippen LogP contribution is -1.98. The highest BCUT2D eigenvalue weighted by atomic mass is 19.1. The van der Waals surface area contributed by atoms with Gasteiger partial charge in [0.25, 0.3) is 0 Å². The van der Waals surface area contributed by atoms with Crippen molar-refractivity contribution in [1.82, 2.24) is 0 Å². The third kappa shape index (κ3) is 1.44. The van der Waals surface area contributed by atoms with Crippen LogP contribution in [0.25, 0.3) is 0 Å². The van der Waals surface area contributed by atoms with Gasteiger partial charge in [-0.2, -0.15) is 0 Å². The second-order valence-corrected chi connectivity index (χ2v) is 2.38. The average molecular weight is 168 g/mol. The fourth-order valence-corrected chi connectivity index (χ4v) is 0.940. The lowest BCUT2D eigenvalue weighted by atomic mass is 10.1. The Hall–Kier alpha value is -1.38. The van der Waals surface area contributed by atoms with Crippen LogP contribution in [0.1, 0.15) is 17.3 Å². The van der Waals surface area contributed by atoms with Crippen molar-refractivity contribution < 1.29 is 13.9 Å². The molecule has 0 atom stereocenters. The van der Waals surface area contributed by atoms with Crippen LogP contribution in [0.15, 0.2) is 18.2 Å². The van der Waals surface area contributed by atoms with E-state index >= 15 is 0 Å². The molecule has 0 aliphatic rings. The second kappa shape index (κ2) is 3.34. The number of carbonyl (C=O) groups excluding carboxylic acids is 1. The number of Topliss-reactive ketones (excluding diaryl/α,β-unsaturated/α-hetero) is 1. The van der Waals surface area contributed by atoms with Gasteiger partial charge in [0.1, 0.15) is 0 Å². The molecule has 0 fully saturated rings. The fraction of sp³-hybridized carbons (Fsp3) is 0.222. The van der Waals surface area contributed by atoms with E-state index in [1.165, 1.54) is 26.2 Å². The van der Waals surface area contributed by atoms with Gasteiger partial charge in [-0.1, -0.05) is 6.07 Å². The molecular formula is C9H9FO2. The Labute approximate surface area is 70.0 Å². The number of rotatable bonds is 2. The number of benzene rings is 1. The summed E-state index contributed by atoms with van der Waals surface area (Å²) in [5.74, 6) is -0.790. The maximum atomic E-state index is 13.2. The van der Waals surface area contributed by atoms with Gasteiger partial charge in [0.05, 0.1) is 12.7 Å². The van der Waals surface area contributed by atoms with Gasteiger partial charge < -0.3 is 4.74 Å². The van der Waals surface area contributed by atoms with Crippen molar-refractivity contribution in [3.63, 3.8) is 0 Å². The standard InChI is InChI=1S/C9H9FO2/c1-6(11)7-4-3-5-8(12-2)9(7)10/h3-5H,1-2H3. The van der Waals surface area contributed by atoms with Gasteiger partial charge in [0, 0.05) is 0 Å². The molecule has 0 N–H and O–H groups in total. The van der Waals surface area contributed by atoms with Crippen molar-refractivity contribution in [2.75, 3.05) is 7.11 Å². The van der Waals surface area contributed by atoms with Crippen LogP contribution in [0, 0.1) is 5.82 Å². The van der Waals surface area contributed by atoms with E-state index in [1.807, 2.05) is 0 Å². The lowest BCUT2D eigenvalue weighted by molar-refractivity contribution is 0.101. The monoisotopic (exact) mass is 168 g/mol. The second-order valence-electron chi connectivity index (χ2n) is 2.38. The molecule has 1 aromatic carbocycles. The first-order chi connectivity index (χ1) is 5.66. The van der Waals surface area contributed by atoms with E-state index in [1.54, 1.807) is 6.07 Å². The Balaban J connectivity index is 3.23. The molecule has 0 radical (unpaired) electrons. The lowest BCUT2D eigenvalue weighted by Gasteiger charge is -2.03. The minimum atomic E-state index is -0.590. The first-order valence-corrected chi connectivity index (χ1v) is 3.50. The maximum absolute atomic E-state index is 13.2. The summed E-state index contributed by atoms with van der Waals surface area (Å²) in [7, 11) is 1.36. The molecule has 0 aliphatic carbocycles. The van der Waals surface area contributed by atoms with Crippen molar-refractivity contribution in [2.24, 2.45) is 0 Å². The van der Waals surface area contributed by atoms with Crippen LogP contribution in [-0.4, -0.2) is 12.9 Å². The van der Waals surface area contributed by atoms with Gasteiger partial charge in [-0.05, 0) is 19.1 Å². The SMILES string of the molecule is COc1cccc(C(C)=O)c1F. The van der Waals surface area contributed by atoms with E-state index in [0.29, 0.717) is 0 Å². The average Bonchev–Trinajstić information content (AvgIpc) is 2.04. The van der Waals surface area contributed by atoms with Gasteiger partial charge in [0.2, 0.25) is 0 Å². The minimum Gasteiger partial charge on any atom is -0.494 e. The normalized spacial score (nSPS) is 9.58. The number of halogens is 1. The smallest absolute Gasteiger partial charge is 0.175 e. The molecule has 0 amide bonds. The van der Waals surface area contributed by atoms with Crippen molar-refractivity contribution in [2.45, 2.75) is 6.92 Å². The van der Waals surface area contributed by atoms with Crippen LogP contribution >= 0.6 is 0 Å². The van der Waals surface area contributed by atoms with Crippen molar-refractivity contribution in [1.29, 1.82) is 0 Å². The minimum absolute atomic E-state index is 0.0642.